The highest BCUT2D eigenvalue weighted by molar-refractivity contribution is 5.83. The molecule has 0 spiro atoms. The molecule has 0 saturated carbocycles. The molecule has 3 heterocycles. The lowest BCUT2D eigenvalue weighted by Gasteiger charge is -2.44. The predicted molar refractivity (Wildman–Crippen MR) is 134 cm³/mol. The van der Waals surface area contributed by atoms with Crippen LogP contribution < -0.4 is 0 Å². The number of fused-ring (bicyclic) bond motifs is 1. The van der Waals surface area contributed by atoms with Crippen LogP contribution in [-0.4, -0.2) is 53.9 Å². The summed E-state index contributed by atoms with van der Waals surface area (Å²) in [6, 6.07) is 17.4. The van der Waals surface area contributed by atoms with Crippen LogP contribution in [0.15, 0.2) is 60.8 Å². The summed E-state index contributed by atoms with van der Waals surface area (Å²) in [5.74, 6) is 0.512. The fraction of sp³-hybridized carbons (Fsp3) is 0.448. The maximum Gasteiger partial charge on any atom is 0.229 e. The summed E-state index contributed by atoms with van der Waals surface area (Å²) < 4.78 is 13.9. The lowest BCUT2D eigenvalue weighted by molar-refractivity contribution is -0.147. The smallest absolute Gasteiger partial charge is 0.229 e. The van der Waals surface area contributed by atoms with Crippen molar-refractivity contribution in [2.24, 2.45) is 11.3 Å². The minimum Gasteiger partial charge on any atom is -0.342 e. The molecule has 2 aliphatic rings. The summed E-state index contributed by atoms with van der Waals surface area (Å²) in [5, 5.41) is 1.17. The molecule has 2 saturated heterocycles. The quantitative estimate of drug-likeness (QED) is 0.532. The number of hydrogen-bond donors (Lipinski definition) is 0. The lowest BCUT2D eigenvalue weighted by Crippen LogP contribution is -2.53. The van der Waals surface area contributed by atoms with Gasteiger partial charge in [0.15, 0.2) is 0 Å². The first-order valence-corrected chi connectivity index (χ1v) is 12.6. The molecular weight excluding hydrogens is 425 g/mol. The Morgan fingerprint density at radius 2 is 1.91 bits per heavy atom. The van der Waals surface area contributed by atoms with Gasteiger partial charge in [0, 0.05) is 24.7 Å². The van der Waals surface area contributed by atoms with Crippen molar-refractivity contribution in [2.75, 3.05) is 33.2 Å². The Morgan fingerprint density at radius 1 is 1.06 bits per heavy atom. The molecule has 1 unspecified atom stereocenters. The van der Waals surface area contributed by atoms with Crippen molar-refractivity contribution in [3.8, 4) is 0 Å². The minimum absolute atomic E-state index is 0.225. The number of carbonyl (C=O) groups is 1. The zero-order valence-corrected chi connectivity index (χ0v) is 20.0. The summed E-state index contributed by atoms with van der Waals surface area (Å²) in [6.07, 6.45) is 7.28. The third kappa shape index (κ3) is 5.00. The highest BCUT2D eigenvalue weighted by Crippen LogP contribution is 2.38. The van der Waals surface area contributed by atoms with Crippen molar-refractivity contribution in [1.29, 1.82) is 0 Å². The second kappa shape index (κ2) is 9.83. The van der Waals surface area contributed by atoms with Gasteiger partial charge in [0.25, 0.3) is 0 Å². The molecule has 4 nitrogen and oxygen atoms in total. The van der Waals surface area contributed by atoms with E-state index in [-0.39, 0.29) is 11.7 Å². The number of pyridine rings is 1. The van der Waals surface area contributed by atoms with E-state index < -0.39 is 5.41 Å². The van der Waals surface area contributed by atoms with Crippen molar-refractivity contribution in [1.82, 2.24) is 14.8 Å². The largest absolute Gasteiger partial charge is 0.342 e. The first-order valence-electron chi connectivity index (χ1n) is 12.6. The van der Waals surface area contributed by atoms with Gasteiger partial charge in [-0.25, -0.2) is 4.39 Å². The number of hydrogen-bond acceptors (Lipinski definition) is 3. The molecule has 1 atom stereocenters. The molecule has 5 heteroatoms. The molecule has 0 bridgehead atoms. The molecule has 0 radical (unpaired) electrons. The van der Waals surface area contributed by atoms with Crippen LogP contribution in [0.5, 0.6) is 0 Å². The van der Waals surface area contributed by atoms with Crippen LogP contribution in [0.2, 0.25) is 0 Å². The molecule has 2 fully saturated rings. The van der Waals surface area contributed by atoms with Gasteiger partial charge in [0.1, 0.15) is 5.82 Å². The van der Waals surface area contributed by atoms with Crippen LogP contribution in [0, 0.1) is 17.2 Å². The Hall–Kier alpha value is -2.79. The highest BCUT2D eigenvalue weighted by Gasteiger charge is 2.44. The van der Waals surface area contributed by atoms with Crippen molar-refractivity contribution in [3.05, 3.63) is 77.7 Å². The number of piperidine rings is 2. The Morgan fingerprint density at radius 3 is 2.74 bits per heavy atom. The molecule has 3 aromatic rings. The predicted octanol–water partition coefficient (Wildman–Crippen LogP) is 5.11. The second-order valence-corrected chi connectivity index (χ2v) is 10.4. The van der Waals surface area contributed by atoms with Crippen LogP contribution in [0.3, 0.4) is 0 Å². The summed E-state index contributed by atoms with van der Waals surface area (Å²) in [4.78, 5) is 22.9. The number of rotatable bonds is 5. The summed E-state index contributed by atoms with van der Waals surface area (Å²) in [5.41, 5.74) is 2.83. The van der Waals surface area contributed by atoms with E-state index in [4.69, 9.17) is 0 Å². The molecule has 2 aliphatic heterocycles. The highest BCUT2D eigenvalue weighted by atomic mass is 19.1. The Kier molecular flexibility index (Phi) is 6.64. The van der Waals surface area contributed by atoms with Gasteiger partial charge in [0.2, 0.25) is 5.91 Å². The molecule has 2 aromatic carbocycles. The molecule has 5 rings (SSSR count). The van der Waals surface area contributed by atoms with Gasteiger partial charge in [-0.2, -0.15) is 0 Å². The van der Waals surface area contributed by atoms with Gasteiger partial charge >= 0.3 is 0 Å². The monoisotopic (exact) mass is 459 g/mol. The molecule has 178 valence electrons. The number of halogens is 1. The van der Waals surface area contributed by atoms with E-state index in [0.29, 0.717) is 12.3 Å². The van der Waals surface area contributed by atoms with E-state index in [9.17, 15) is 9.18 Å². The Bertz CT molecular complexity index is 1150. The van der Waals surface area contributed by atoms with Gasteiger partial charge in [-0.3, -0.25) is 9.78 Å². The number of carbonyl (C=O) groups excluding carboxylic acids is 1. The van der Waals surface area contributed by atoms with E-state index >= 15 is 0 Å². The van der Waals surface area contributed by atoms with Gasteiger partial charge in [-0.1, -0.05) is 24.3 Å². The van der Waals surface area contributed by atoms with Crippen molar-refractivity contribution in [2.45, 2.75) is 38.5 Å². The molecule has 1 amide bonds. The summed E-state index contributed by atoms with van der Waals surface area (Å²) in [6.45, 7) is 3.45. The maximum absolute atomic E-state index is 14.0. The minimum atomic E-state index is -0.434. The van der Waals surface area contributed by atoms with Gasteiger partial charge < -0.3 is 9.80 Å². The van der Waals surface area contributed by atoms with E-state index in [1.165, 1.54) is 17.0 Å². The van der Waals surface area contributed by atoms with E-state index in [0.717, 1.165) is 69.4 Å². The van der Waals surface area contributed by atoms with Crippen LogP contribution >= 0.6 is 0 Å². The van der Waals surface area contributed by atoms with Gasteiger partial charge in [-0.05, 0) is 106 Å². The van der Waals surface area contributed by atoms with Crippen LogP contribution in [0.1, 0.15) is 36.8 Å². The number of likely N-dealkylation sites (tertiary alicyclic amines) is 2. The summed E-state index contributed by atoms with van der Waals surface area (Å²) in [7, 11) is 2.12. The first kappa shape index (κ1) is 23.0. The van der Waals surface area contributed by atoms with Crippen molar-refractivity contribution in [3.63, 3.8) is 0 Å². The van der Waals surface area contributed by atoms with E-state index in [1.807, 2.05) is 18.3 Å². The topological polar surface area (TPSA) is 36.4 Å². The van der Waals surface area contributed by atoms with Crippen LogP contribution in [0.4, 0.5) is 4.39 Å². The zero-order valence-electron chi connectivity index (χ0n) is 20.0. The van der Waals surface area contributed by atoms with Crippen LogP contribution in [0.25, 0.3) is 10.9 Å². The first-order chi connectivity index (χ1) is 16.5. The fourth-order valence-corrected chi connectivity index (χ4v) is 5.89. The molecule has 34 heavy (non-hydrogen) atoms. The van der Waals surface area contributed by atoms with Gasteiger partial charge in [-0.15, -0.1) is 0 Å². The van der Waals surface area contributed by atoms with E-state index in [1.54, 1.807) is 12.1 Å². The molecule has 0 N–H and O–H groups in total. The zero-order chi connectivity index (χ0) is 23.5. The standard InChI is InChI=1S/C29H34FN3O/c1-32-15-11-29(12-16-32,20-23-5-2-8-26(30)19-23)28(34)33-14-4-6-24(21-33)17-22-9-10-27-25(18-22)7-3-13-31-27/h2-3,5,7-10,13,18-19,24H,4,6,11-12,14-17,20-21H2,1H3. The molecule has 0 aliphatic carbocycles. The SMILES string of the molecule is CN1CCC(Cc2cccc(F)c2)(C(=O)N2CCCC(Cc3ccc4ncccc4c3)C2)CC1. The number of nitrogens with zero attached hydrogens (tertiary/aromatic N) is 3. The number of aromatic nitrogens is 1. The Balaban J connectivity index is 1.32. The second-order valence-electron chi connectivity index (χ2n) is 10.4. The third-order valence-corrected chi connectivity index (χ3v) is 7.83. The summed E-state index contributed by atoms with van der Waals surface area (Å²) >= 11 is 0. The maximum atomic E-state index is 14.0. The van der Waals surface area contributed by atoms with Crippen molar-refractivity contribution < 1.29 is 9.18 Å². The van der Waals surface area contributed by atoms with Gasteiger partial charge in [0.05, 0.1) is 10.9 Å². The third-order valence-electron chi connectivity index (χ3n) is 7.83. The number of amides is 1. The average molecular weight is 460 g/mol. The van der Waals surface area contributed by atoms with Crippen LogP contribution in [-0.2, 0) is 17.6 Å². The van der Waals surface area contributed by atoms with Crippen molar-refractivity contribution >= 4 is 16.8 Å². The number of benzene rings is 2. The van der Waals surface area contributed by atoms with E-state index in [2.05, 4.69) is 46.1 Å². The molecule has 1 aromatic heterocycles. The lowest BCUT2D eigenvalue weighted by atomic mass is 9.72. The molecular formula is C29H34FN3O. The Labute approximate surface area is 201 Å². The fourth-order valence-electron chi connectivity index (χ4n) is 5.89. The normalized spacial score (nSPS) is 21.0. The average Bonchev–Trinajstić information content (AvgIpc) is 2.85.